The minimum atomic E-state index is 0.0590. The molecule has 1 unspecified atom stereocenters. The Hall–Kier alpha value is -0.570. The minimum Gasteiger partial charge on any atom is -0.353 e. The van der Waals surface area contributed by atoms with E-state index in [1.54, 1.807) is 0 Å². The average molecular weight is 224 g/mol. The van der Waals surface area contributed by atoms with E-state index in [0.29, 0.717) is 12.6 Å². The zero-order chi connectivity index (χ0) is 11.4. The molecule has 3 N–H and O–H groups in total. The number of nitrogens with two attached hydrogens (primary N) is 1. The van der Waals surface area contributed by atoms with E-state index in [4.69, 9.17) is 5.73 Å². The highest BCUT2D eigenvalue weighted by Crippen LogP contribution is 2.29. The molecule has 0 heterocycles. The normalized spacial score (nSPS) is 24.1. The Labute approximate surface area is 98.2 Å². The van der Waals surface area contributed by atoms with Crippen molar-refractivity contribution in [2.75, 3.05) is 6.54 Å². The Morgan fingerprint density at radius 3 is 2.44 bits per heavy atom. The second-order valence-electron chi connectivity index (χ2n) is 5.46. The van der Waals surface area contributed by atoms with E-state index < -0.39 is 0 Å². The third-order valence-corrected chi connectivity index (χ3v) is 3.92. The van der Waals surface area contributed by atoms with E-state index in [-0.39, 0.29) is 11.8 Å². The lowest BCUT2D eigenvalue weighted by atomic mass is 9.82. The Bertz CT molecular complexity index is 232. The molecule has 0 aromatic carbocycles. The number of carbonyl (C=O) groups is 1. The SMILES string of the molecule is NCC(CC1CCCCC1)C(=O)NC1CC1. The van der Waals surface area contributed by atoms with E-state index in [0.717, 1.165) is 25.2 Å². The van der Waals surface area contributed by atoms with Crippen molar-refractivity contribution in [2.45, 2.75) is 57.4 Å². The van der Waals surface area contributed by atoms with E-state index in [2.05, 4.69) is 5.32 Å². The molecule has 0 saturated heterocycles. The van der Waals surface area contributed by atoms with Crippen LogP contribution in [0, 0.1) is 11.8 Å². The maximum Gasteiger partial charge on any atom is 0.224 e. The maximum absolute atomic E-state index is 11.9. The summed E-state index contributed by atoms with van der Waals surface area (Å²) in [5.74, 6) is 1.01. The lowest BCUT2D eigenvalue weighted by Crippen LogP contribution is -2.37. The number of hydrogen-bond acceptors (Lipinski definition) is 2. The summed E-state index contributed by atoms with van der Waals surface area (Å²) in [5.41, 5.74) is 5.73. The van der Waals surface area contributed by atoms with Gasteiger partial charge in [0, 0.05) is 12.6 Å². The van der Waals surface area contributed by atoms with Gasteiger partial charge < -0.3 is 11.1 Å². The quantitative estimate of drug-likeness (QED) is 0.748. The smallest absolute Gasteiger partial charge is 0.224 e. The van der Waals surface area contributed by atoms with Crippen LogP contribution < -0.4 is 11.1 Å². The molecule has 0 bridgehead atoms. The van der Waals surface area contributed by atoms with Crippen molar-refractivity contribution >= 4 is 5.91 Å². The van der Waals surface area contributed by atoms with Crippen LogP contribution in [0.4, 0.5) is 0 Å². The molecular weight excluding hydrogens is 200 g/mol. The van der Waals surface area contributed by atoms with E-state index in [1.807, 2.05) is 0 Å². The molecule has 0 aromatic heterocycles. The number of rotatable bonds is 5. The summed E-state index contributed by atoms with van der Waals surface area (Å²) < 4.78 is 0. The summed E-state index contributed by atoms with van der Waals surface area (Å²) in [6.45, 7) is 0.509. The first-order chi connectivity index (χ1) is 7.79. The predicted octanol–water partition coefficient (Wildman–Crippen LogP) is 1.81. The molecule has 0 radical (unpaired) electrons. The molecule has 92 valence electrons. The van der Waals surface area contributed by atoms with Crippen LogP contribution in [0.2, 0.25) is 0 Å². The first-order valence-corrected chi connectivity index (χ1v) is 6.80. The van der Waals surface area contributed by atoms with Gasteiger partial charge in [0.15, 0.2) is 0 Å². The van der Waals surface area contributed by atoms with Gasteiger partial charge in [-0.3, -0.25) is 4.79 Å². The average Bonchev–Trinajstić information content (AvgIpc) is 3.11. The summed E-state index contributed by atoms with van der Waals surface area (Å²) in [6.07, 6.45) is 9.98. The molecule has 1 atom stereocenters. The number of carbonyl (C=O) groups excluding carboxylic acids is 1. The molecular formula is C13H24N2O. The van der Waals surface area contributed by atoms with Gasteiger partial charge in [0.05, 0.1) is 5.92 Å². The second-order valence-corrected chi connectivity index (χ2v) is 5.46. The standard InChI is InChI=1S/C13H24N2O/c14-9-11(13(16)15-12-6-7-12)8-10-4-2-1-3-5-10/h10-12H,1-9,14H2,(H,15,16). The van der Waals surface area contributed by atoms with Crippen LogP contribution in [0.25, 0.3) is 0 Å². The van der Waals surface area contributed by atoms with Gasteiger partial charge in [-0.2, -0.15) is 0 Å². The summed E-state index contributed by atoms with van der Waals surface area (Å²) in [4.78, 5) is 11.9. The van der Waals surface area contributed by atoms with Gasteiger partial charge in [-0.15, -0.1) is 0 Å². The maximum atomic E-state index is 11.9. The predicted molar refractivity (Wildman–Crippen MR) is 64.9 cm³/mol. The lowest BCUT2D eigenvalue weighted by molar-refractivity contribution is -0.125. The Balaban J connectivity index is 1.76. The molecule has 3 heteroatoms. The molecule has 2 saturated carbocycles. The van der Waals surface area contributed by atoms with Gasteiger partial charge >= 0.3 is 0 Å². The second kappa shape index (κ2) is 5.67. The molecule has 0 spiro atoms. The fourth-order valence-corrected chi connectivity index (χ4v) is 2.68. The summed E-state index contributed by atoms with van der Waals surface area (Å²) >= 11 is 0. The summed E-state index contributed by atoms with van der Waals surface area (Å²) in [5, 5.41) is 3.08. The summed E-state index contributed by atoms with van der Waals surface area (Å²) in [6, 6.07) is 0.466. The zero-order valence-corrected chi connectivity index (χ0v) is 10.1. The van der Waals surface area contributed by atoms with Crippen LogP contribution in [0.1, 0.15) is 51.4 Å². The van der Waals surface area contributed by atoms with Crippen molar-refractivity contribution in [1.82, 2.24) is 5.32 Å². The van der Waals surface area contributed by atoms with Gasteiger partial charge in [0.1, 0.15) is 0 Å². The fraction of sp³-hybridized carbons (Fsp3) is 0.923. The third-order valence-electron chi connectivity index (χ3n) is 3.92. The highest BCUT2D eigenvalue weighted by atomic mass is 16.2. The number of hydrogen-bond donors (Lipinski definition) is 2. The summed E-state index contributed by atoms with van der Waals surface area (Å²) in [7, 11) is 0. The number of amides is 1. The van der Waals surface area contributed by atoms with Crippen molar-refractivity contribution in [1.29, 1.82) is 0 Å². The monoisotopic (exact) mass is 224 g/mol. The van der Waals surface area contributed by atoms with Gasteiger partial charge in [-0.25, -0.2) is 0 Å². The minimum absolute atomic E-state index is 0.0590. The molecule has 2 aliphatic carbocycles. The molecule has 16 heavy (non-hydrogen) atoms. The van der Waals surface area contributed by atoms with Crippen LogP contribution in [0.15, 0.2) is 0 Å². The molecule has 2 rings (SSSR count). The fourth-order valence-electron chi connectivity index (χ4n) is 2.68. The topological polar surface area (TPSA) is 55.1 Å². The van der Waals surface area contributed by atoms with E-state index >= 15 is 0 Å². The Morgan fingerprint density at radius 2 is 1.88 bits per heavy atom. The first-order valence-electron chi connectivity index (χ1n) is 6.80. The molecule has 2 aliphatic rings. The molecule has 2 fully saturated rings. The van der Waals surface area contributed by atoms with E-state index in [1.165, 1.54) is 32.1 Å². The van der Waals surface area contributed by atoms with Gasteiger partial charge in [0.25, 0.3) is 0 Å². The van der Waals surface area contributed by atoms with Gasteiger partial charge in [-0.1, -0.05) is 32.1 Å². The largest absolute Gasteiger partial charge is 0.353 e. The highest BCUT2D eigenvalue weighted by Gasteiger charge is 2.28. The van der Waals surface area contributed by atoms with Crippen molar-refractivity contribution in [3.05, 3.63) is 0 Å². The van der Waals surface area contributed by atoms with Gasteiger partial charge in [0.2, 0.25) is 5.91 Å². The van der Waals surface area contributed by atoms with Crippen LogP contribution in [0.5, 0.6) is 0 Å². The molecule has 3 nitrogen and oxygen atoms in total. The third kappa shape index (κ3) is 3.48. The molecule has 0 aromatic rings. The van der Waals surface area contributed by atoms with Crippen molar-refractivity contribution in [2.24, 2.45) is 17.6 Å². The Kier molecular flexibility index (Phi) is 4.22. The van der Waals surface area contributed by atoms with Crippen LogP contribution in [-0.4, -0.2) is 18.5 Å². The van der Waals surface area contributed by atoms with Crippen molar-refractivity contribution in [3.8, 4) is 0 Å². The van der Waals surface area contributed by atoms with E-state index in [9.17, 15) is 4.79 Å². The van der Waals surface area contributed by atoms with Crippen LogP contribution in [-0.2, 0) is 4.79 Å². The van der Waals surface area contributed by atoms with Gasteiger partial charge in [-0.05, 0) is 25.2 Å². The number of nitrogens with one attached hydrogen (secondary N) is 1. The zero-order valence-electron chi connectivity index (χ0n) is 10.1. The Morgan fingerprint density at radius 1 is 1.19 bits per heavy atom. The molecule has 0 aliphatic heterocycles. The van der Waals surface area contributed by atoms with Crippen LogP contribution >= 0.6 is 0 Å². The lowest BCUT2D eigenvalue weighted by Gasteiger charge is -2.25. The van der Waals surface area contributed by atoms with Crippen molar-refractivity contribution < 1.29 is 4.79 Å². The highest BCUT2D eigenvalue weighted by molar-refractivity contribution is 5.79. The van der Waals surface area contributed by atoms with Crippen LogP contribution in [0.3, 0.4) is 0 Å². The first kappa shape index (κ1) is 11.9. The molecule has 1 amide bonds. The van der Waals surface area contributed by atoms with Crippen molar-refractivity contribution in [3.63, 3.8) is 0 Å².